The molecule has 5 heteroatoms. The van der Waals surface area contributed by atoms with E-state index in [4.69, 9.17) is 0 Å². The van der Waals surface area contributed by atoms with Gasteiger partial charge in [-0.05, 0) is 36.0 Å². The fourth-order valence-corrected chi connectivity index (χ4v) is 2.65. The number of pyridine rings is 1. The molecule has 94 valence electrons. The molecule has 0 radical (unpaired) electrons. The van der Waals surface area contributed by atoms with Crippen molar-refractivity contribution in [2.24, 2.45) is 0 Å². The van der Waals surface area contributed by atoms with E-state index < -0.39 is 6.10 Å². The van der Waals surface area contributed by atoms with Gasteiger partial charge in [0, 0.05) is 30.7 Å². The van der Waals surface area contributed by atoms with E-state index in [1.807, 2.05) is 12.3 Å². The predicted molar refractivity (Wildman–Crippen MR) is 72.3 cm³/mol. The first kappa shape index (κ1) is 12.8. The third-order valence-electron chi connectivity index (χ3n) is 3.12. The molecule has 17 heavy (non-hydrogen) atoms. The minimum Gasteiger partial charge on any atom is -0.387 e. The van der Waals surface area contributed by atoms with E-state index in [1.165, 1.54) is 0 Å². The second-order valence-electron chi connectivity index (χ2n) is 4.53. The van der Waals surface area contributed by atoms with Crippen LogP contribution < -0.4 is 4.90 Å². The zero-order chi connectivity index (χ0) is 12.4. The van der Waals surface area contributed by atoms with Crippen LogP contribution in [0, 0.1) is 0 Å². The predicted octanol–water partition coefficient (Wildman–Crippen LogP) is 1.65. The van der Waals surface area contributed by atoms with Crippen LogP contribution in [-0.2, 0) is 0 Å². The highest BCUT2D eigenvalue weighted by Gasteiger charge is 2.16. The van der Waals surface area contributed by atoms with Crippen LogP contribution in [-0.4, -0.2) is 48.2 Å². The topological polar surface area (TPSA) is 39.6 Å². The number of likely N-dealkylation sites (N-methyl/N-ethyl adjacent to an activating group) is 1. The third-order valence-corrected chi connectivity index (χ3v) is 3.75. The summed E-state index contributed by atoms with van der Waals surface area (Å²) >= 11 is 3.47. The number of hydrogen-bond donors (Lipinski definition) is 1. The monoisotopic (exact) mass is 299 g/mol. The normalized spacial score (nSPS) is 19.4. The number of hydrogen-bond acceptors (Lipinski definition) is 4. The van der Waals surface area contributed by atoms with Gasteiger partial charge in [-0.2, -0.15) is 0 Å². The van der Waals surface area contributed by atoms with Crippen molar-refractivity contribution < 1.29 is 5.11 Å². The summed E-state index contributed by atoms with van der Waals surface area (Å²) in [5.74, 6) is 0. The molecule has 1 atom stereocenters. The van der Waals surface area contributed by atoms with Gasteiger partial charge in [0.2, 0.25) is 0 Å². The number of halogens is 1. The Morgan fingerprint density at radius 1 is 1.35 bits per heavy atom. The van der Waals surface area contributed by atoms with Gasteiger partial charge >= 0.3 is 0 Å². The molecule has 0 aromatic carbocycles. The summed E-state index contributed by atoms with van der Waals surface area (Å²) in [6.45, 7) is 5.94. The van der Waals surface area contributed by atoms with E-state index in [9.17, 15) is 5.11 Å². The van der Waals surface area contributed by atoms with E-state index in [0.717, 1.165) is 36.3 Å². The van der Waals surface area contributed by atoms with E-state index in [1.54, 1.807) is 6.92 Å². The van der Waals surface area contributed by atoms with Crippen molar-refractivity contribution in [1.29, 1.82) is 0 Å². The van der Waals surface area contributed by atoms with Crippen molar-refractivity contribution in [3.05, 3.63) is 22.4 Å². The summed E-state index contributed by atoms with van der Waals surface area (Å²) in [5, 5.41) is 9.53. The minimum atomic E-state index is -0.536. The third kappa shape index (κ3) is 2.97. The van der Waals surface area contributed by atoms with Crippen LogP contribution in [0.2, 0.25) is 0 Å². The molecule has 0 spiro atoms. The Hall–Kier alpha value is -0.650. The Balaban J connectivity index is 2.14. The molecule has 0 saturated carbocycles. The first-order valence-corrected chi connectivity index (χ1v) is 6.64. The Kier molecular flexibility index (Phi) is 4.01. The quantitative estimate of drug-likeness (QED) is 0.901. The lowest BCUT2D eigenvalue weighted by Crippen LogP contribution is -2.44. The average Bonchev–Trinajstić information content (AvgIpc) is 2.29. The molecule has 1 aliphatic rings. The van der Waals surface area contributed by atoms with Gasteiger partial charge in [0.1, 0.15) is 0 Å². The number of nitrogens with zero attached hydrogens (tertiary/aromatic N) is 3. The molecule has 0 unspecified atom stereocenters. The maximum atomic E-state index is 9.53. The first-order chi connectivity index (χ1) is 8.08. The van der Waals surface area contributed by atoms with Crippen molar-refractivity contribution in [2.45, 2.75) is 13.0 Å². The summed E-state index contributed by atoms with van der Waals surface area (Å²) < 4.78 is 0.879. The van der Waals surface area contributed by atoms with Crippen LogP contribution in [0.15, 0.2) is 16.7 Å². The molecule has 2 rings (SSSR count). The second-order valence-corrected chi connectivity index (χ2v) is 5.38. The Morgan fingerprint density at radius 2 is 2.00 bits per heavy atom. The summed E-state index contributed by atoms with van der Waals surface area (Å²) in [6, 6.07) is 2.04. The van der Waals surface area contributed by atoms with Crippen molar-refractivity contribution in [2.75, 3.05) is 38.1 Å². The lowest BCUT2D eigenvalue weighted by atomic mass is 10.2. The average molecular weight is 300 g/mol. The first-order valence-electron chi connectivity index (χ1n) is 5.85. The van der Waals surface area contributed by atoms with Crippen molar-refractivity contribution in [3.63, 3.8) is 0 Å². The molecule has 1 aromatic rings. The van der Waals surface area contributed by atoms with Crippen molar-refractivity contribution in [1.82, 2.24) is 9.88 Å². The summed E-state index contributed by atoms with van der Waals surface area (Å²) in [4.78, 5) is 8.97. The van der Waals surface area contributed by atoms with Crippen LogP contribution in [0.5, 0.6) is 0 Å². The molecular weight excluding hydrogens is 282 g/mol. The smallest absolute Gasteiger partial charge is 0.0943 e. The summed E-state index contributed by atoms with van der Waals surface area (Å²) in [5.41, 5.74) is 1.82. The lowest BCUT2D eigenvalue weighted by Gasteiger charge is -2.34. The lowest BCUT2D eigenvalue weighted by molar-refractivity contribution is 0.193. The molecule has 0 amide bonds. The number of aromatic nitrogens is 1. The van der Waals surface area contributed by atoms with Crippen molar-refractivity contribution in [3.8, 4) is 0 Å². The van der Waals surface area contributed by atoms with Crippen LogP contribution in [0.4, 0.5) is 5.69 Å². The highest BCUT2D eigenvalue weighted by molar-refractivity contribution is 9.10. The van der Waals surface area contributed by atoms with E-state index >= 15 is 0 Å². The standard InChI is InChI=1S/C12H18BrN3O/c1-9(17)12-11(13)7-10(8-14-12)16-5-3-15(2)4-6-16/h7-9,17H,3-6H2,1-2H3/t9-/m0/s1. The maximum absolute atomic E-state index is 9.53. The largest absolute Gasteiger partial charge is 0.387 e. The number of rotatable bonds is 2. The molecule has 1 aliphatic heterocycles. The molecule has 0 bridgehead atoms. The van der Waals surface area contributed by atoms with Gasteiger partial charge in [-0.1, -0.05) is 0 Å². The van der Waals surface area contributed by atoms with Gasteiger partial charge in [0.15, 0.2) is 0 Å². The molecule has 1 fully saturated rings. The zero-order valence-electron chi connectivity index (χ0n) is 10.2. The van der Waals surface area contributed by atoms with E-state index in [-0.39, 0.29) is 0 Å². The molecule has 4 nitrogen and oxygen atoms in total. The Bertz CT molecular complexity index is 389. The van der Waals surface area contributed by atoms with Crippen LogP contribution >= 0.6 is 15.9 Å². The van der Waals surface area contributed by atoms with Gasteiger partial charge in [0.05, 0.1) is 23.7 Å². The van der Waals surface area contributed by atoms with Gasteiger partial charge in [-0.25, -0.2) is 0 Å². The highest BCUT2D eigenvalue weighted by atomic mass is 79.9. The molecule has 0 aliphatic carbocycles. The molecule has 1 saturated heterocycles. The molecule has 1 N–H and O–H groups in total. The van der Waals surface area contributed by atoms with Gasteiger partial charge in [-0.15, -0.1) is 0 Å². The maximum Gasteiger partial charge on any atom is 0.0943 e. The van der Waals surface area contributed by atoms with E-state index in [0.29, 0.717) is 5.69 Å². The number of aliphatic hydroxyl groups is 1. The van der Waals surface area contributed by atoms with Crippen LogP contribution in [0.25, 0.3) is 0 Å². The molecular formula is C12H18BrN3O. The SMILES string of the molecule is C[C@H](O)c1ncc(N2CCN(C)CC2)cc1Br. The minimum absolute atomic E-state index is 0.536. The van der Waals surface area contributed by atoms with Gasteiger partial charge in [-0.3, -0.25) is 4.98 Å². The molecule has 1 aromatic heterocycles. The summed E-state index contributed by atoms with van der Waals surface area (Å²) in [6.07, 6.45) is 1.31. The fourth-order valence-electron chi connectivity index (χ4n) is 1.98. The Labute approximate surface area is 110 Å². The highest BCUT2D eigenvalue weighted by Crippen LogP contribution is 2.26. The zero-order valence-corrected chi connectivity index (χ0v) is 11.8. The summed E-state index contributed by atoms with van der Waals surface area (Å²) in [7, 11) is 2.14. The second kappa shape index (κ2) is 5.33. The number of piperazine rings is 1. The van der Waals surface area contributed by atoms with Crippen molar-refractivity contribution >= 4 is 21.6 Å². The van der Waals surface area contributed by atoms with E-state index in [2.05, 4.69) is 37.8 Å². The van der Waals surface area contributed by atoms with Crippen LogP contribution in [0.3, 0.4) is 0 Å². The number of anilines is 1. The van der Waals surface area contributed by atoms with Gasteiger partial charge in [0.25, 0.3) is 0 Å². The number of aliphatic hydroxyl groups excluding tert-OH is 1. The molecule has 2 heterocycles. The Morgan fingerprint density at radius 3 is 2.53 bits per heavy atom. The fraction of sp³-hybridized carbons (Fsp3) is 0.583. The van der Waals surface area contributed by atoms with Crippen LogP contribution in [0.1, 0.15) is 18.7 Å². The van der Waals surface area contributed by atoms with Gasteiger partial charge < -0.3 is 14.9 Å².